The van der Waals surface area contributed by atoms with E-state index in [2.05, 4.69) is 33.0 Å². The van der Waals surface area contributed by atoms with Gasteiger partial charge in [-0.2, -0.15) is 0 Å². The molecule has 21 heteroatoms. The van der Waals surface area contributed by atoms with Crippen molar-refractivity contribution in [3.63, 3.8) is 0 Å². The van der Waals surface area contributed by atoms with E-state index < -0.39 is 78.0 Å². The summed E-state index contributed by atoms with van der Waals surface area (Å²) in [4.78, 5) is 35.6. The van der Waals surface area contributed by atoms with E-state index >= 15 is 0 Å². The lowest BCUT2D eigenvalue weighted by molar-refractivity contribution is -0.247. The third-order valence-electron chi connectivity index (χ3n) is 5.33. The smallest absolute Gasteiger partial charge is 0.274 e. The second kappa shape index (κ2) is 10.2. The lowest BCUT2D eigenvalue weighted by Gasteiger charge is -2.31. The fraction of sp³-hybridized carbons (Fsp3) is 0.667. The van der Waals surface area contributed by atoms with Crippen molar-refractivity contribution in [3.8, 4) is 0 Å². The molecule has 0 bridgehead atoms. The third-order valence-corrected chi connectivity index (χ3v) is 7.86. The summed E-state index contributed by atoms with van der Waals surface area (Å²) in [7, 11) is -11.2. The van der Waals surface area contributed by atoms with Gasteiger partial charge in [-0.1, -0.05) is 0 Å². The molecule has 2 aromatic rings. The van der Waals surface area contributed by atoms with Crippen LogP contribution in [0.1, 0.15) is 6.23 Å². The zero-order valence-electron chi connectivity index (χ0n) is 17.9. The fourth-order valence-electron chi connectivity index (χ4n) is 3.52. The van der Waals surface area contributed by atoms with Gasteiger partial charge in [0.15, 0.2) is 24.0 Å². The first kappa shape index (κ1) is 27.4. The molecular formula is C15H21N5O14P2-2. The Morgan fingerprint density at radius 2 is 1.50 bits per heavy atom. The molecule has 2 aliphatic heterocycles. The summed E-state index contributed by atoms with van der Waals surface area (Å²) in [6.07, 6.45) is -10.5. The fourth-order valence-corrected chi connectivity index (χ4v) is 5.53. The Bertz CT molecular complexity index is 1180. The van der Waals surface area contributed by atoms with E-state index in [0.29, 0.717) is 0 Å². The van der Waals surface area contributed by atoms with Gasteiger partial charge in [0.2, 0.25) is 0 Å². The number of nitrogen functional groups attached to an aromatic ring is 1. The van der Waals surface area contributed by atoms with Gasteiger partial charge in [-0.3, -0.25) is 13.7 Å². The molecule has 0 spiro atoms. The van der Waals surface area contributed by atoms with Crippen molar-refractivity contribution in [1.29, 1.82) is 0 Å². The van der Waals surface area contributed by atoms with E-state index in [1.165, 1.54) is 10.9 Å². The minimum atomic E-state index is -5.62. The lowest BCUT2D eigenvalue weighted by atomic mass is 10.1. The van der Waals surface area contributed by atoms with Gasteiger partial charge in [-0.25, -0.2) is 19.3 Å². The zero-order valence-corrected chi connectivity index (χ0v) is 19.6. The monoisotopic (exact) mass is 557 g/mol. The maximum Gasteiger partial charge on any atom is 0.274 e. The standard InChI is InChI=1S/C15H23N5O14P2/c16-12-7-13(18-3-17-12)20(4-19-7)14-10(23)8(21)5(32-14)1-30-35(26,27)34-36(28,29)31-2-6-9(22)11(24)15(25)33-6/h3-6,8-11,14-15,21-25H,1-2H2,(H,26,27)(H,28,29)(H2,16,17,18)/p-2/t5-,6?,8-,9-,10-,11-,14-,15?/m1/s1. The van der Waals surface area contributed by atoms with Crippen molar-refractivity contribution < 1.29 is 67.3 Å². The van der Waals surface area contributed by atoms with Crippen LogP contribution in [0.5, 0.6) is 0 Å². The van der Waals surface area contributed by atoms with Gasteiger partial charge in [0.05, 0.1) is 19.5 Å². The normalized spacial score (nSPS) is 36.2. The molecule has 0 aromatic carbocycles. The predicted octanol–water partition coefficient (Wildman–Crippen LogP) is -4.55. The van der Waals surface area contributed by atoms with E-state index in [1.807, 2.05) is 0 Å². The van der Waals surface area contributed by atoms with Crippen molar-refractivity contribution in [1.82, 2.24) is 19.5 Å². The van der Waals surface area contributed by atoms with Crippen molar-refractivity contribution in [2.24, 2.45) is 0 Å². The number of phosphoric acid groups is 2. The van der Waals surface area contributed by atoms with Crippen LogP contribution in [0.25, 0.3) is 11.2 Å². The van der Waals surface area contributed by atoms with Crippen molar-refractivity contribution in [2.75, 3.05) is 18.9 Å². The van der Waals surface area contributed by atoms with Crippen LogP contribution in [0.3, 0.4) is 0 Å². The largest absolute Gasteiger partial charge is 0.756 e. The number of ether oxygens (including phenoxy) is 2. The Morgan fingerprint density at radius 1 is 0.917 bits per heavy atom. The van der Waals surface area contributed by atoms with Crippen LogP contribution < -0.4 is 15.5 Å². The lowest BCUT2D eigenvalue weighted by Crippen LogP contribution is -2.34. The summed E-state index contributed by atoms with van der Waals surface area (Å²) in [5, 5.41) is 48.9. The van der Waals surface area contributed by atoms with Crippen molar-refractivity contribution >= 4 is 32.6 Å². The first-order valence-electron chi connectivity index (χ1n) is 10.1. The number of hydrogen-bond acceptors (Lipinski definition) is 18. The Morgan fingerprint density at radius 3 is 2.08 bits per heavy atom. The quantitative estimate of drug-likeness (QED) is 0.158. The number of aromatic nitrogens is 4. The Balaban J connectivity index is 1.34. The number of phosphoric ester groups is 2. The van der Waals surface area contributed by atoms with Crippen LogP contribution in [-0.2, 0) is 32.0 Å². The Labute approximate surface area is 200 Å². The molecule has 2 fully saturated rings. The predicted molar refractivity (Wildman–Crippen MR) is 107 cm³/mol. The van der Waals surface area contributed by atoms with E-state index in [4.69, 9.17) is 10.5 Å². The number of nitrogens with two attached hydrogens (primary N) is 1. The maximum atomic E-state index is 12.0. The number of imidazole rings is 1. The van der Waals surface area contributed by atoms with E-state index in [0.717, 1.165) is 6.33 Å². The molecule has 19 nitrogen and oxygen atoms in total. The second-order valence-corrected chi connectivity index (χ2v) is 10.7. The van der Waals surface area contributed by atoms with Gasteiger partial charge >= 0.3 is 0 Å². The van der Waals surface area contributed by atoms with E-state index in [9.17, 15) is 44.4 Å². The molecule has 2 aliphatic rings. The number of aliphatic hydroxyl groups excluding tert-OH is 5. The van der Waals surface area contributed by atoms with E-state index in [-0.39, 0.29) is 17.0 Å². The van der Waals surface area contributed by atoms with Crippen LogP contribution in [-0.4, -0.2) is 101 Å². The number of nitrogens with zero attached hydrogens (tertiary/aromatic N) is 4. The van der Waals surface area contributed by atoms with Gasteiger partial charge in [0.1, 0.15) is 48.5 Å². The first-order chi connectivity index (χ1) is 16.8. The molecular weight excluding hydrogens is 536 g/mol. The summed E-state index contributed by atoms with van der Waals surface area (Å²) >= 11 is 0. The van der Waals surface area contributed by atoms with Crippen LogP contribution in [0.15, 0.2) is 12.7 Å². The number of fused-ring (bicyclic) bond motifs is 1. The highest BCUT2D eigenvalue weighted by atomic mass is 31.3. The molecule has 0 radical (unpaired) electrons. The summed E-state index contributed by atoms with van der Waals surface area (Å²) in [5.41, 5.74) is 6.04. The second-order valence-electron chi connectivity index (χ2n) is 7.74. The van der Waals surface area contributed by atoms with Crippen LogP contribution >= 0.6 is 15.6 Å². The minimum absolute atomic E-state index is 0.0433. The highest BCUT2D eigenvalue weighted by molar-refractivity contribution is 7.59. The number of aliphatic hydroxyl groups is 5. The topological polar surface area (TPSA) is 297 Å². The average Bonchev–Trinajstić information content (AvgIpc) is 3.42. The van der Waals surface area contributed by atoms with Gasteiger partial charge in [-0.15, -0.1) is 0 Å². The molecule has 0 amide bonds. The third kappa shape index (κ3) is 5.59. The molecule has 36 heavy (non-hydrogen) atoms. The molecule has 4 unspecified atom stereocenters. The molecule has 4 rings (SSSR count). The molecule has 7 N–H and O–H groups in total. The molecule has 4 heterocycles. The Kier molecular flexibility index (Phi) is 7.78. The summed E-state index contributed by atoms with van der Waals surface area (Å²) in [5.74, 6) is 0.0433. The van der Waals surface area contributed by atoms with Crippen molar-refractivity contribution in [2.45, 2.75) is 49.1 Å². The zero-order chi connectivity index (χ0) is 26.4. The molecule has 202 valence electrons. The number of rotatable bonds is 9. The average molecular weight is 557 g/mol. The summed E-state index contributed by atoms with van der Waals surface area (Å²) in [6.45, 7) is -1.97. The van der Waals surface area contributed by atoms with Crippen molar-refractivity contribution in [3.05, 3.63) is 12.7 Å². The Hall–Kier alpha value is -1.67. The van der Waals surface area contributed by atoms with Gasteiger partial charge < -0.3 is 59.6 Å². The molecule has 0 aliphatic carbocycles. The summed E-state index contributed by atoms with van der Waals surface area (Å²) in [6, 6.07) is 0. The number of anilines is 1. The maximum absolute atomic E-state index is 12.0. The molecule has 2 aromatic heterocycles. The van der Waals surface area contributed by atoms with E-state index in [1.54, 1.807) is 0 Å². The van der Waals surface area contributed by atoms with Gasteiger partial charge in [0, 0.05) is 0 Å². The highest BCUT2D eigenvalue weighted by Gasteiger charge is 2.45. The molecule has 10 atom stereocenters. The summed E-state index contributed by atoms with van der Waals surface area (Å²) < 4.78 is 47.9. The number of hydrogen-bond donors (Lipinski definition) is 6. The van der Waals surface area contributed by atoms with Crippen LogP contribution in [0.4, 0.5) is 5.82 Å². The van der Waals surface area contributed by atoms with Gasteiger partial charge in [-0.05, 0) is 0 Å². The van der Waals surface area contributed by atoms with Crippen LogP contribution in [0, 0.1) is 0 Å². The first-order valence-corrected chi connectivity index (χ1v) is 13.0. The van der Waals surface area contributed by atoms with Crippen LogP contribution in [0.2, 0.25) is 0 Å². The SMILES string of the molecule is Nc1ncnc2c1ncn2[C@@H]1O[C@H](COP(=O)([O-])OP(=O)([O-])OCC2OC(O)[C@H](O)[C@@H]2O)[C@@H](O)[C@H]1O. The molecule has 0 saturated carbocycles. The minimum Gasteiger partial charge on any atom is -0.756 e. The van der Waals surface area contributed by atoms with Gasteiger partial charge in [0.25, 0.3) is 15.6 Å². The molecule has 2 saturated heterocycles. The highest BCUT2D eigenvalue weighted by Crippen LogP contribution is 2.56.